The summed E-state index contributed by atoms with van der Waals surface area (Å²) in [4.78, 5) is 1.65. The minimum absolute atomic E-state index is 0.290. The quantitative estimate of drug-likeness (QED) is 0.624. The topological polar surface area (TPSA) is 12.0 Å². The molecule has 0 saturated heterocycles. The van der Waals surface area contributed by atoms with Gasteiger partial charge in [0.2, 0.25) is 0 Å². The summed E-state index contributed by atoms with van der Waals surface area (Å²) in [5, 5.41) is 5.41. The zero-order valence-electron chi connectivity index (χ0n) is 10.5. The maximum Gasteiger partial charge on any atom is 0.136 e. The SMILES string of the molecule is CC(NCCSc1cc(F)ccc1F)c1cccs1. The van der Waals surface area contributed by atoms with Crippen molar-refractivity contribution in [1.29, 1.82) is 0 Å². The van der Waals surface area contributed by atoms with Crippen LogP contribution in [0.1, 0.15) is 17.8 Å². The number of benzene rings is 1. The van der Waals surface area contributed by atoms with Gasteiger partial charge in [-0.2, -0.15) is 0 Å². The minimum atomic E-state index is -0.399. The highest BCUT2D eigenvalue weighted by Crippen LogP contribution is 2.23. The average molecular weight is 299 g/mol. The lowest BCUT2D eigenvalue weighted by Crippen LogP contribution is -2.20. The van der Waals surface area contributed by atoms with E-state index in [4.69, 9.17) is 0 Å². The molecule has 2 rings (SSSR count). The van der Waals surface area contributed by atoms with Gasteiger partial charge >= 0.3 is 0 Å². The molecule has 0 bridgehead atoms. The molecular weight excluding hydrogens is 284 g/mol. The molecule has 0 radical (unpaired) electrons. The molecule has 19 heavy (non-hydrogen) atoms. The molecule has 1 N–H and O–H groups in total. The first kappa shape index (κ1) is 14.5. The molecule has 1 heterocycles. The number of thioether (sulfide) groups is 1. The van der Waals surface area contributed by atoms with E-state index >= 15 is 0 Å². The van der Waals surface area contributed by atoms with Crippen molar-refractivity contribution in [3.8, 4) is 0 Å². The standard InChI is InChI=1S/C14H15F2NS2/c1-10(13-3-2-7-18-13)17-6-8-19-14-9-11(15)4-5-12(14)16/h2-5,7,9-10,17H,6,8H2,1H3. The zero-order valence-corrected chi connectivity index (χ0v) is 12.2. The molecule has 2 aromatic rings. The van der Waals surface area contributed by atoms with E-state index in [-0.39, 0.29) is 11.9 Å². The van der Waals surface area contributed by atoms with Crippen molar-refractivity contribution in [3.05, 3.63) is 52.2 Å². The molecule has 1 nitrogen and oxygen atoms in total. The second kappa shape index (κ2) is 7.03. The first-order chi connectivity index (χ1) is 9.16. The van der Waals surface area contributed by atoms with Crippen LogP contribution in [0.2, 0.25) is 0 Å². The number of thiophene rings is 1. The van der Waals surface area contributed by atoms with Crippen molar-refractivity contribution in [2.75, 3.05) is 12.3 Å². The molecule has 0 aliphatic heterocycles. The van der Waals surface area contributed by atoms with Crippen molar-refractivity contribution in [1.82, 2.24) is 5.32 Å². The number of nitrogens with one attached hydrogen (secondary N) is 1. The van der Waals surface area contributed by atoms with Crippen LogP contribution in [0.4, 0.5) is 8.78 Å². The van der Waals surface area contributed by atoms with Gasteiger partial charge in [0.05, 0.1) is 0 Å². The number of rotatable bonds is 6. The van der Waals surface area contributed by atoms with E-state index in [0.717, 1.165) is 12.6 Å². The van der Waals surface area contributed by atoms with E-state index in [2.05, 4.69) is 18.3 Å². The van der Waals surface area contributed by atoms with Gasteiger partial charge in [-0.25, -0.2) is 8.78 Å². The minimum Gasteiger partial charge on any atom is -0.309 e. The summed E-state index contributed by atoms with van der Waals surface area (Å²) in [6, 6.07) is 7.94. The van der Waals surface area contributed by atoms with Crippen LogP contribution in [0, 0.1) is 11.6 Å². The van der Waals surface area contributed by atoms with E-state index in [9.17, 15) is 8.78 Å². The lowest BCUT2D eigenvalue weighted by Gasteiger charge is -2.11. The molecule has 0 aliphatic rings. The lowest BCUT2D eigenvalue weighted by molar-refractivity contribution is 0.576. The summed E-state index contributed by atoms with van der Waals surface area (Å²) in [7, 11) is 0. The zero-order chi connectivity index (χ0) is 13.7. The molecule has 0 spiro atoms. The summed E-state index contributed by atoms with van der Waals surface area (Å²) < 4.78 is 26.3. The van der Waals surface area contributed by atoms with Gasteiger partial charge in [0, 0.05) is 28.1 Å². The molecule has 1 aromatic carbocycles. The van der Waals surface area contributed by atoms with Crippen LogP contribution >= 0.6 is 23.1 Å². The van der Waals surface area contributed by atoms with Gasteiger partial charge in [0.25, 0.3) is 0 Å². The molecular formula is C14H15F2NS2. The van der Waals surface area contributed by atoms with Crippen LogP contribution in [0.15, 0.2) is 40.6 Å². The maximum atomic E-state index is 13.4. The summed E-state index contributed by atoms with van der Waals surface area (Å²) in [6.07, 6.45) is 0. The van der Waals surface area contributed by atoms with Gasteiger partial charge < -0.3 is 5.32 Å². The fourth-order valence-corrected chi connectivity index (χ4v) is 3.26. The number of hydrogen-bond acceptors (Lipinski definition) is 3. The van der Waals surface area contributed by atoms with Crippen molar-refractivity contribution < 1.29 is 8.78 Å². The van der Waals surface area contributed by atoms with Crippen molar-refractivity contribution >= 4 is 23.1 Å². The maximum absolute atomic E-state index is 13.4. The third-order valence-electron chi connectivity index (χ3n) is 2.67. The molecule has 0 fully saturated rings. The second-order valence-corrected chi connectivity index (χ2v) is 6.23. The van der Waals surface area contributed by atoms with Gasteiger partial charge in [0.1, 0.15) is 11.6 Å². The van der Waals surface area contributed by atoms with Crippen LogP contribution in [0.25, 0.3) is 0 Å². The Morgan fingerprint density at radius 3 is 2.89 bits per heavy atom. The van der Waals surface area contributed by atoms with E-state index in [0.29, 0.717) is 10.6 Å². The lowest BCUT2D eigenvalue weighted by atomic mass is 10.3. The Morgan fingerprint density at radius 2 is 2.16 bits per heavy atom. The van der Waals surface area contributed by atoms with Gasteiger partial charge in [-0.1, -0.05) is 6.07 Å². The van der Waals surface area contributed by atoms with Gasteiger partial charge in [-0.3, -0.25) is 0 Å². The van der Waals surface area contributed by atoms with Gasteiger partial charge in [0.15, 0.2) is 0 Å². The number of hydrogen-bond donors (Lipinski definition) is 1. The molecule has 0 saturated carbocycles. The Kier molecular flexibility index (Phi) is 5.36. The highest BCUT2D eigenvalue weighted by molar-refractivity contribution is 7.99. The van der Waals surface area contributed by atoms with Crippen molar-refractivity contribution in [3.63, 3.8) is 0 Å². The third-order valence-corrected chi connectivity index (χ3v) is 4.76. The Hall–Kier alpha value is -0.910. The summed E-state index contributed by atoms with van der Waals surface area (Å²) >= 11 is 3.04. The summed E-state index contributed by atoms with van der Waals surface area (Å²) in [5.41, 5.74) is 0. The summed E-state index contributed by atoms with van der Waals surface area (Å²) in [6.45, 7) is 2.85. The normalized spacial score (nSPS) is 12.6. The predicted molar refractivity (Wildman–Crippen MR) is 77.8 cm³/mol. The predicted octanol–water partition coefficient (Wildman–Crippen LogP) is 4.47. The first-order valence-corrected chi connectivity index (χ1v) is 7.88. The van der Waals surface area contributed by atoms with E-state index in [1.807, 2.05) is 11.4 Å². The number of halogens is 2. The third kappa shape index (κ3) is 4.30. The van der Waals surface area contributed by atoms with Crippen LogP contribution in [0.5, 0.6) is 0 Å². The van der Waals surface area contributed by atoms with Crippen LogP contribution in [0.3, 0.4) is 0 Å². The van der Waals surface area contributed by atoms with E-state index in [1.54, 1.807) is 11.3 Å². The highest BCUT2D eigenvalue weighted by atomic mass is 32.2. The summed E-state index contributed by atoms with van der Waals surface area (Å²) in [5.74, 6) is -0.0580. The van der Waals surface area contributed by atoms with Crippen LogP contribution < -0.4 is 5.32 Å². The van der Waals surface area contributed by atoms with Crippen LogP contribution in [-0.4, -0.2) is 12.3 Å². The highest BCUT2D eigenvalue weighted by Gasteiger charge is 2.07. The van der Waals surface area contributed by atoms with Gasteiger partial charge in [-0.15, -0.1) is 23.1 Å². The van der Waals surface area contributed by atoms with E-state index in [1.165, 1.54) is 28.8 Å². The Balaban J connectivity index is 1.76. The first-order valence-electron chi connectivity index (χ1n) is 6.01. The molecule has 0 aliphatic carbocycles. The Labute approximate surface area is 120 Å². The largest absolute Gasteiger partial charge is 0.309 e. The average Bonchev–Trinajstić information content (AvgIpc) is 2.92. The molecule has 1 aromatic heterocycles. The second-order valence-electron chi connectivity index (χ2n) is 4.11. The molecule has 5 heteroatoms. The molecule has 1 atom stereocenters. The van der Waals surface area contributed by atoms with Gasteiger partial charge in [-0.05, 0) is 36.6 Å². The Bertz CT molecular complexity index is 514. The smallest absolute Gasteiger partial charge is 0.136 e. The fraction of sp³-hybridized carbons (Fsp3) is 0.286. The van der Waals surface area contributed by atoms with Crippen molar-refractivity contribution in [2.24, 2.45) is 0 Å². The monoisotopic (exact) mass is 299 g/mol. The molecule has 0 amide bonds. The van der Waals surface area contributed by atoms with E-state index < -0.39 is 5.82 Å². The Morgan fingerprint density at radius 1 is 1.32 bits per heavy atom. The molecule has 102 valence electrons. The van der Waals surface area contributed by atoms with Crippen LogP contribution in [-0.2, 0) is 0 Å². The van der Waals surface area contributed by atoms with Crippen molar-refractivity contribution in [2.45, 2.75) is 17.9 Å². The fourth-order valence-electron chi connectivity index (χ4n) is 1.66. The molecule has 1 unspecified atom stereocenters.